The quantitative estimate of drug-likeness (QED) is 0.575. The van der Waals surface area contributed by atoms with Gasteiger partial charge in [0.05, 0.1) is 32.2 Å². The molecule has 1 saturated carbocycles. The van der Waals surface area contributed by atoms with Crippen molar-refractivity contribution in [2.24, 2.45) is 11.7 Å². The first-order chi connectivity index (χ1) is 12.9. The molecule has 28 heavy (non-hydrogen) atoms. The number of ether oxygens (including phenoxy) is 2. The second kappa shape index (κ2) is 11.5. The number of nitrogens with two attached hydrogens (primary N) is 1. The first-order valence-electron chi connectivity index (χ1n) is 8.94. The smallest absolute Gasteiger partial charge is 0.236 e. The van der Waals surface area contributed by atoms with Gasteiger partial charge in [-0.25, -0.2) is 0 Å². The molecule has 1 fully saturated rings. The average Bonchev–Trinajstić information content (AvgIpc) is 2.66. The van der Waals surface area contributed by atoms with Crippen LogP contribution in [0.1, 0.15) is 24.8 Å². The lowest BCUT2D eigenvalue weighted by Gasteiger charge is -2.35. The summed E-state index contributed by atoms with van der Waals surface area (Å²) in [4.78, 5) is 35.6. The molecule has 3 amide bonds. The fraction of sp³-hybridized carbons (Fsp3) is 0.526. The van der Waals surface area contributed by atoms with Gasteiger partial charge in [0.25, 0.3) is 0 Å². The van der Waals surface area contributed by atoms with E-state index in [0.29, 0.717) is 25.0 Å². The van der Waals surface area contributed by atoms with Crippen molar-refractivity contribution in [1.82, 2.24) is 10.6 Å². The van der Waals surface area contributed by atoms with Gasteiger partial charge in [-0.2, -0.15) is 0 Å². The van der Waals surface area contributed by atoms with E-state index in [2.05, 4.69) is 10.6 Å². The minimum absolute atomic E-state index is 0. The van der Waals surface area contributed by atoms with Gasteiger partial charge in [0.15, 0.2) is 0 Å². The van der Waals surface area contributed by atoms with Gasteiger partial charge in [0, 0.05) is 18.6 Å². The summed E-state index contributed by atoms with van der Waals surface area (Å²) in [6.45, 7) is -0.187. The minimum Gasteiger partial charge on any atom is -0.496 e. The predicted octanol–water partition coefficient (Wildman–Crippen LogP) is 0.561. The third-order valence-corrected chi connectivity index (χ3v) is 4.79. The molecule has 1 aromatic rings. The van der Waals surface area contributed by atoms with Gasteiger partial charge in [-0.15, -0.1) is 12.4 Å². The van der Waals surface area contributed by atoms with Crippen molar-refractivity contribution in [3.63, 3.8) is 0 Å². The third kappa shape index (κ3) is 6.69. The number of carbonyl (C=O) groups excluding carboxylic acids is 3. The standard InChI is InChI=1S/C19H27N3O5.ClH/c1-26-15-6-4-3-5-12(15)10-18(24)22-14-9-13(7-8-16(14)27-2)19(25)21-11-17(20)23;/h3-6,13-14,16H,7-11H2,1-2H3,(H2,20,23)(H,21,25)(H,22,24);1H/t13-,14+,16+;/m0./s1. The van der Waals surface area contributed by atoms with Crippen LogP contribution in [0.5, 0.6) is 5.75 Å². The van der Waals surface area contributed by atoms with Crippen molar-refractivity contribution in [1.29, 1.82) is 0 Å². The summed E-state index contributed by atoms with van der Waals surface area (Å²) >= 11 is 0. The maximum atomic E-state index is 12.5. The Morgan fingerprint density at radius 1 is 1.18 bits per heavy atom. The number of rotatable bonds is 8. The molecule has 156 valence electrons. The molecule has 3 atom stereocenters. The molecule has 1 aromatic carbocycles. The zero-order chi connectivity index (χ0) is 19.8. The van der Waals surface area contributed by atoms with Crippen LogP contribution in [0, 0.1) is 5.92 Å². The Labute approximate surface area is 170 Å². The molecule has 4 N–H and O–H groups in total. The van der Waals surface area contributed by atoms with Crippen LogP contribution < -0.4 is 21.1 Å². The fourth-order valence-electron chi connectivity index (χ4n) is 3.41. The molecule has 2 rings (SSSR count). The van der Waals surface area contributed by atoms with E-state index in [1.807, 2.05) is 18.2 Å². The summed E-state index contributed by atoms with van der Waals surface area (Å²) in [5, 5.41) is 5.51. The maximum Gasteiger partial charge on any atom is 0.236 e. The number of para-hydroxylation sites is 1. The summed E-state index contributed by atoms with van der Waals surface area (Å²) < 4.78 is 10.8. The molecular formula is C19H28ClN3O5. The summed E-state index contributed by atoms with van der Waals surface area (Å²) in [5.41, 5.74) is 5.85. The zero-order valence-corrected chi connectivity index (χ0v) is 16.9. The number of nitrogens with one attached hydrogen (secondary N) is 2. The van der Waals surface area contributed by atoms with E-state index in [1.165, 1.54) is 0 Å². The summed E-state index contributed by atoms with van der Waals surface area (Å²) in [7, 11) is 3.16. The van der Waals surface area contributed by atoms with E-state index < -0.39 is 5.91 Å². The van der Waals surface area contributed by atoms with E-state index in [1.54, 1.807) is 20.3 Å². The number of benzene rings is 1. The van der Waals surface area contributed by atoms with Gasteiger partial charge in [-0.1, -0.05) is 18.2 Å². The molecule has 0 spiro atoms. The Bertz CT molecular complexity index is 685. The fourth-order valence-corrected chi connectivity index (χ4v) is 3.41. The number of methoxy groups -OCH3 is 2. The third-order valence-electron chi connectivity index (χ3n) is 4.79. The van der Waals surface area contributed by atoms with Crippen LogP contribution in [0.3, 0.4) is 0 Å². The summed E-state index contributed by atoms with van der Waals surface area (Å²) in [5.74, 6) is -0.622. The Kier molecular flexibility index (Phi) is 9.75. The molecule has 1 aliphatic carbocycles. The molecule has 8 nitrogen and oxygen atoms in total. The van der Waals surface area contributed by atoms with E-state index in [9.17, 15) is 14.4 Å². The molecule has 0 unspecified atom stereocenters. The van der Waals surface area contributed by atoms with Crippen molar-refractivity contribution in [3.05, 3.63) is 29.8 Å². The highest BCUT2D eigenvalue weighted by molar-refractivity contribution is 5.85. The van der Waals surface area contributed by atoms with E-state index in [0.717, 1.165) is 5.56 Å². The highest BCUT2D eigenvalue weighted by atomic mass is 35.5. The van der Waals surface area contributed by atoms with E-state index in [-0.39, 0.29) is 55.3 Å². The predicted molar refractivity (Wildman–Crippen MR) is 106 cm³/mol. The van der Waals surface area contributed by atoms with Crippen molar-refractivity contribution in [3.8, 4) is 5.75 Å². The molecule has 0 aliphatic heterocycles. The molecule has 0 saturated heterocycles. The number of halogens is 1. The number of carbonyl (C=O) groups is 3. The summed E-state index contributed by atoms with van der Waals surface area (Å²) in [6.07, 6.45) is 1.73. The minimum atomic E-state index is -0.587. The number of hydrogen-bond acceptors (Lipinski definition) is 5. The van der Waals surface area contributed by atoms with Crippen LogP contribution in [0.4, 0.5) is 0 Å². The first-order valence-corrected chi connectivity index (χ1v) is 8.94. The lowest BCUT2D eigenvalue weighted by Crippen LogP contribution is -2.51. The van der Waals surface area contributed by atoms with E-state index >= 15 is 0 Å². The normalized spacial score (nSPS) is 21.1. The molecule has 1 aliphatic rings. The van der Waals surface area contributed by atoms with Crippen LogP contribution in [0.15, 0.2) is 24.3 Å². The molecule has 0 heterocycles. The van der Waals surface area contributed by atoms with Crippen LogP contribution in [0.25, 0.3) is 0 Å². The Balaban J connectivity index is 0.00000392. The van der Waals surface area contributed by atoms with Gasteiger partial charge < -0.3 is 25.8 Å². The molecule has 0 radical (unpaired) electrons. The Morgan fingerprint density at radius 2 is 1.89 bits per heavy atom. The Morgan fingerprint density at radius 3 is 2.54 bits per heavy atom. The largest absolute Gasteiger partial charge is 0.496 e. The number of amides is 3. The molecular weight excluding hydrogens is 386 g/mol. The highest BCUT2D eigenvalue weighted by Crippen LogP contribution is 2.27. The second-order valence-electron chi connectivity index (χ2n) is 6.63. The number of hydrogen-bond donors (Lipinski definition) is 3. The maximum absolute atomic E-state index is 12.5. The van der Waals surface area contributed by atoms with Crippen LogP contribution in [-0.2, 0) is 25.5 Å². The van der Waals surface area contributed by atoms with Crippen molar-refractivity contribution < 1.29 is 23.9 Å². The van der Waals surface area contributed by atoms with Crippen LogP contribution in [-0.4, -0.2) is 50.6 Å². The highest BCUT2D eigenvalue weighted by Gasteiger charge is 2.35. The van der Waals surface area contributed by atoms with Gasteiger partial charge in [0.2, 0.25) is 17.7 Å². The van der Waals surface area contributed by atoms with Gasteiger partial charge in [-0.05, 0) is 25.3 Å². The average molecular weight is 414 g/mol. The molecule has 0 aromatic heterocycles. The zero-order valence-electron chi connectivity index (χ0n) is 16.1. The van der Waals surface area contributed by atoms with Gasteiger partial charge in [-0.3, -0.25) is 14.4 Å². The Hall–Kier alpha value is -2.32. The van der Waals surface area contributed by atoms with E-state index in [4.69, 9.17) is 15.2 Å². The van der Waals surface area contributed by atoms with Gasteiger partial charge >= 0.3 is 0 Å². The molecule has 9 heteroatoms. The topological polar surface area (TPSA) is 120 Å². The number of primary amides is 1. The van der Waals surface area contributed by atoms with Crippen LogP contribution >= 0.6 is 12.4 Å². The second-order valence-corrected chi connectivity index (χ2v) is 6.63. The van der Waals surface area contributed by atoms with Crippen molar-refractivity contribution in [2.75, 3.05) is 20.8 Å². The lowest BCUT2D eigenvalue weighted by atomic mass is 9.83. The van der Waals surface area contributed by atoms with Gasteiger partial charge in [0.1, 0.15) is 5.75 Å². The van der Waals surface area contributed by atoms with Crippen molar-refractivity contribution >= 4 is 30.1 Å². The summed E-state index contributed by atoms with van der Waals surface area (Å²) in [6, 6.07) is 7.06. The van der Waals surface area contributed by atoms with Crippen LogP contribution in [0.2, 0.25) is 0 Å². The monoisotopic (exact) mass is 413 g/mol. The first kappa shape index (κ1) is 23.7. The SMILES string of the molecule is COc1ccccc1CC(=O)N[C@@H]1C[C@@H](C(=O)NCC(N)=O)CC[C@H]1OC.Cl. The van der Waals surface area contributed by atoms with Crippen molar-refractivity contribution in [2.45, 2.75) is 37.8 Å². The molecule has 0 bridgehead atoms. The lowest BCUT2D eigenvalue weighted by molar-refractivity contribution is -0.131.